The molecular weight excluding hydrogens is 607 g/mol. The minimum Gasteiger partial charge on any atom is -0.392 e. The van der Waals surface area contributed by atoms with Gasteiger partial charge in [-0.25, -0.2) is 18.1 Å². The van der Waals surface area contributed by atoms with Gasteiger partial charge in [0.1, 0.15) is 0 Å². The smallest absolute Gasteiger partial charge is 0.240 e. The van der Waals surface area contributed by atoms with Gasteiger partial charge in [0.2, 0.25) is 10.0 Å². The molecule has 3 atom stereocenters. The molecule has 0 unspecified atom stereocenters. The van der Waals surface area contributed by atoms with Gasteiger partial charge in [-0.05, 0) is 52.1 Å². The van der Waals surface area contributed by atoms with Gasteiger partial charge in [-0.2, -0.15) is 0 Å². The third-order valence-electron chi connectivity index (χ3n) is 7.73. The summed E-state index contributed by atoms with van der Waals surface area (Å²) in [5.41, 5.74) is 5.57. The molecule has 232 valence electrons. The number of aliphatic hydroxyl groups excluding tert-OH is 1. The molecule has 1 aromatic heterocycles. The van der Waals surface area contributed by atoms with Gasteiger partial charge >= 0.3 is 0 Å². The van der Waals surface area contributed by atoms with E-state index in [9.17, 15) is 13.5 Å². The summed E-state index contributed by atoms with van der Waals surface area (Å²) in [4.78, 5) is 4.68. The van der Waals surface area contributed by atoms with Crippen molar-refractivity contribution in [3.63, 3.8) is 0 Å². The van der Waals surface area contributed by atoms with E-state index in [-0.39, 0.29) is 30.3 Å². The molecule has 0 amide bonds. The topological polar surface area (TPSA) is 103 Å². The molecule has 1 aliphatic heterocycles. The summed E-state index contributed by atoms with van der Waals surface area (Å²) in [5.74, 6) is 0.719. The second-order valence-electron chi connectivity index (χ2n) is 10.9. The predicted octanol–water partition coefficient (Wildman–Crippen LogP) is 6.40. The zero-order valence-electron chi connectivity index (χ0n) is 24.8. The molecule has 0 radical (unpaired) electrons. The molecule has 1 aliphatic rings. The molecule has 8 nitrogen and oxygen atoms in total. The highest BCUT2D eigenvalue weighted by atomic mass is 32.2. The van der Waals surface area contributed by atoms with Crippen LogP contribution >= 0.6 is 11.8 Å². The third-order valence-corrected chi connectivity index (χ3v) is 10.3. The first-order chi connectivity index (χ1) is 21.9. The zero-order chi connectivity index (χ0) is 31.2. The molecule has 2 N–H and O–H groups in total. The van der Waals surface area contributed by atoms with Gasteiger partial charge in [-0.1, -0.05) is 90.6 Å². The van der Waals surface area contributed by atoms with Crippen molar-refractivity contribution in [3.05, 3.63) is 138 Å². The average molecular weight is 642 g/mol. The van der Waals surface area contributed by atoms with Gasteiger partial charge in [0.05, 0.1) is 23.7 Å². The summed E-state index contributed by atoms with van der Waals surface area (Å²) in [7, 11) is -1.64. The molecule has 0 aliphatic carbocycles. The van der Waals surface area contributed by atoms with Crippen molar-refractivity contribution in [1.82, 2.24) is 14.3 Å². The number of aliphatic hydroxyl groups is 1. The van der Waals surface area contributed by atoms with Crippen molar-refractivity contribution in [3.8, 4) is 11.1 Å². The van der Waals surface area contributed by atoms with Gasteiger partial charge < -0.3 is 19.1 Å². The van der Waals surface area contributed by atoms with E-state index in [0.29, 0.717) is 6.42 Å². The van der Waals surface area contributed by atoms with E-state index in [1.807, 2.05) is 84.5 Å². The Kier molecular flexibility index (Phi) is 9.79. The van der Waals surface area contributed by atoms with Crippen LogP contribution in [0.3, 0.4) is 0 Å². The second kappa shape index (κ2) is 14.1. The van der Waals surface area contributed by atoms with Gasteiger partial charge in [-0.3, -0.25) is 0 Å². The van der Waals surface area contributed by atoms with Crippen LogP contribution in [0.2, 0.25) is 0 Å². The summed E-state index contributed by atoms with van der Waals surface area (Å²) in [6.45, 7) is 0.166. The molecule has 0 saturated carbocycles. The molecule has 4 aromatic carbocycles. The number of hydrogen-bond acceptors (Lipinski definition) is 7. The molecule has 1 saturated heterocycles. The number of aryl methyl sites for hydroxylation is 1. The largest absolute Gasteiger partial charge is 0.392 e. The van der Waals surface area contributed by atoms with Gasteiger partial charge in [0.25, 0.3) is 0 Å². The predicted molar refractivity (Wildman–Crippen MR) is 175 cm³/mol. The molecule has 0 spiro atoms. The lowest BCUT2D eigenvalue weighted by Crippen LogP contribution is -2.31. The van der Waals surface area contributed by atoms with Crippen LogP contribution in [0.1, 0.15) is 41.1 Å². The Morgan fingerprint density at radius 3 is 2.38 bits per heavy atom. The Balaban J connectivity index is 1.21. The summed E-state index contributed by atoms with van der Waals surface area (Å²) in [5, 5.41) is 10.4. The van der Waals surface area contributed by atoms with E-state index in [2.05, 4.69) is 15.8 Å². The highest BCUT2D eigenvalue weighted by molar-refractivity contribution is 7.99. The lowest BCUT2D eigenvalue weighted by molar-refractivity contribution is -0.245. The first kappa shape index (κ1) is 31.2. The highest BCUT2D eigenvalue weighted by Gasteiger charge is 2.32. The molecule has 2 heterocycles. The first-order valence-electron chi connectivity index (χ1n) is 14.7. The number of benzene rings is 4. The van der Waals surface area contributed by atoms with Gasteiger partial charge in [0, 0.05) is 43.7 Å². The van der Waals surface area contributed by atoms with Crippen molar-refractivity contribution < 1.29 is 23.0 Å². The quantitative estimate of drug-likeness (QED) is 0.161. The fraction of sp³-hybridized carbons (Fsp3) is 0.229. The molecule has 0 bridgehead atoms. The molecular formula is C35H35N3O5S2. The number of ether oxygens (including phenoxy) is 2. The zero-order valence-corrected chi connectivity index (χ0v) is 26.5. The van der Waals surface area contributed by atoms with Crippen molar-refractivity contribution in [1.29, 1.82) is 0 Å². The number of rotatable bonds is 11. The maximum Gasteiger partial charge on any atom is 0.240 e. The number of thioether (sulfide) groups is 1. The summed E-state index contributed by atoms with van der Waals surface area (Å²) in [6, 6.07) is 32.2. The van der Waals surface area contributed by atoms with Gasteiger partial charge in [0.15, 0.2) is 11.4 Å². The molecule has 1 fully saturated rings. The number of nitrogens with one attached hydrogen (secondary N) is 1. The summed E-state index contributed by atoms with van der Waals surface area (Å²) >= 11 is 1.66. The molecule has 6 rings (SSSR count). The SMILES string of the molecule is Cn1ccnc1SC[C@H]1C[C@@H](c2ccc(CO)cc2)O[C@@H](c2cccc(-c3cccc(CNS(=O)(=O)c4ccccc4)c3)c2)O1. The van der Waals surface area contributed by atoms with Crippen LogP contribution in [-0.4, -0.2) is 34.9 Å². The Hall–Kier alpha value is -3.77. The van der Waals surface area contributed by atoms with E-state index < -0.39 is 16.3 Å². The maximum absolute atomic E-state index is 12.7. The first-order valence-corrected chi connectivity index (χ1v) is 17.2. The fourth-order valence-corrected chi connectivity index (χ4v) is 7.26. The standard InChI is InChI=1S/C35H35N3O5S2/c1-38-18-17-36-35(38)44-24-31-21-33(27-15-13-25(23-39)14-16-27)43-34(42-31)30-10-6-9-29(20-30)28-8-5-7-26(19-28)22-37-45(40,41)32-11-3-2-4-12-32/h2-20,31,33-34,37,39H,21-24H2,1H3/t31-,33+,34+/m1/s1. The molecule has 10 heteroatoms. The second-order valence-corrected chi connectivity index (χ2v) is 13.7. The van der Waals surface area contributed by atoms with E-state index >= 15 is 0 Å². The lowest BCUT2D eigenvalue weighted by Gasteiger charge is -2.36. The number of sulfonamides is 1. The number of hydrogen-bond donors (Lipinski definition) is 2. The number of nitrogens with zero attached hydrogens (tertiary/aromatic N) is 2. The summed E-state index contributed by atoms with van der Waals surface area (Å²) in [6.07, 6.45) is 3.55. The van der Waals surface area contributed by atoms with Crippen LogP contribution in [0.15, 0.2) is 126 Å². The maximum atomic E-state index is 12.7. The Morgan fingerprint density at radius 2 is 1.64 bits per heavy atom. The average Bonchev–Trinajstić information content (AvgIpc) is 3.51. The minimum absolute atomic E-state index is 0.00658. The van der Waals surface area contributed by atoms with E-state index in [1.165, 1.54) is 0 Å². The molecule has 5 aromatic rings. The minimum atomic E-state index is -3.62. The van der Waals surface area contributed by atoms with Crippen LogP contribution in [0.25, 0.3) is 11.1 Å². The fourth-order valence-electron chi connectivity index (χ4n) is 5.27. The van der Waals surface area contributed by atoms with Crippen LogP contribution in [-0.2, 0) is 39.7 Å². The van der Waals surface area contributed by atoms with Crippen molar-refractivity contribution in [2.45, 2.75) is 48.1 Å². The Morgan fingerprint density at radius 1 is 0.889 bits per heavy atom. The lowest BCUT2D eigenvalue weighted by atomic mass is 9.99. The van der Waals surface area contributed by atoms with Gasteiger partial charge in [-0.15, -0.1) is 0 Å². The van der Waals surface area contributed by atoms with Crippen LogP contribution in [0.4, 0.5) is 0 Å². The number of imidazole rings is 1. The monoisotopic (exact) mass is 641 g/mol. The molecule has 45 heavy (non-hydrogen) atoms. The third kappa shape index (κ3) is 7.73. The van der Waals surface area contributed by atoms with Crippen LogP contribution in [0, 0.1) is 0 Å². The van der Waals surface area contributed by atoms with Crippen molar-refractivity contribution >= 4 is 21.8 Å². The van der Waals surface area contributed by atoms with E-state index in [1.54, 1.807) is 48.3 Å². The highest BCUT2D eigenvalue weighted by Crippen LogP contribution is 2.40. The van der Waals surface area contributed by atoms with Crippen molar-refractivity contribution in [2.75, 3.05) is 5.75 Å². The Labute approximate surface area is 268 Å². The van der Waals surface area contributed by atoms with Crippen LogP contribution in [0.5, 0.6) is 0 Å². The summed E-state index contributed by atoms with van der Waals surface area (Å²) < 4.78 is 43.3. The van der Waals surface area contributed by atoms with Crippen molar-refractivity contribution in [2.24, 2.45) is 7.05 Å². The van der Waals surface area contributed by atoms with Crippen LogP contribution < -0.4 is 4.72 Å². The van der Waals surface area contributed by atoms with E-state index in [4.69, 9.17) is 9.47 Å². The normalized spacial score (nSPS) is 18.6. The van der Waals surface area contributed by atoms with E-state index in [0.717, 1.165) is 44.3 Å². The number of aromatic nitrogens is 2. The Bertz CT molecular complexity index is 1830.